The molecule has 0 unspecified atom stereocenters. The number of hydrogen-bond acceptors (Lipinski definition) is 4. The first-order valence-electron chi connectivity index (χ1n) is 7.77. The Labute approximate surface area is 119 Å². The van der Waals surface area contributed by atoms with Crippen LogP contribution in [-0.4, -0.2) is 36.6 Å². The van der Waals surface area contributed by atoms with E-state index in [1.54, 1.807) is 6.07 Å². The maximum Gasteiger partial charge on any atom is 0.252 e. The van der Waals surface area contributed by atoms with Crippen LogP contribution in [0.2, 0.25) is 0 Å². The van der Waals surface area contributed by atoms with Crippen LogP contribution < -0.4 is 15.8 Å². The molecule has 3 rings (SSSR count). The molecule has 2 aliphatic rings. The van der Waals surface area contributed by atoms with Gasteiger partial charge in [-0.3, -0.25) is 4.79 Å². The van der Waals surface area contributed by atoms with Gasteiger partial charge in [0.2, 0.25) is 0 Å². The van der Waals surface area contributed by atoms with Crippen LogP contribution >= 0.6 is 0 Å². The van der Waals surface area contributed by atoms with Crippen molar-refractivity contribution in [1.82, 2.24) is 15.3 Å². The van der Waals surface area contributed by atoms with Gasteiger partial charge in [-0.15, -0.1) is 0 Å². The van der Waals surface area contributed by atoms with Crippen LogP contribution in [0.1, 0.15) is 43.8 Å². The molecule has 0 radical (unpaired) electrons. The molecule has 0 atom stereocenters. The highest BCUT2D eigenvalue weighted by Crippen LogP contribution is 2.38. The van der Waals surface area contributed by atoms with Crippen LogP contribution in [0, 0.1) is 5.92 Å². The van der Waals surface area contributed by atoms with Crippen molar-refractivity contribution >= 4 is 5.82 Å². The Kier molecular flexibility index (Phi) is 4.05. The van der Waals surface area contributed by atoms with Gasteiger partial charge in [-0.2, -0.15) is 0 Å². The van der Waals surface area contributed by atoms with Crippen molar-refractivity contribution in [3.63, 3.8) is 0 Å². The Balaban J connectivity index is 1.64. The van der Waals surface area contributed by atoms with E-state index in [-0.39, 0.29) is 5.56 Å². The van der Waals surface area contributed by atoms with E-state index < -0.39 is 0 Å². The third kappa shape index (κ3) is 3.20. The summed E-state index contributed by atoms with van der Waals surface area (Å²) in [5, 5.41) is 3.22. The molecule has 1 saturated carbocycles. The molecular formula is C15H24N4O. The smallest absolute Gasteiger partial charge is 0.252 e. The van der Waals surface area contributed by atoms with Crippen molar-refractivity contribution in [2.45, 2.75) is 38.0 Å². The first kappa shape index (κ1) is 13.6. The summed E-state index contributed by atoms with van der Waals surface area (Å²) in [6.45, 7) is 3.14. The number of aromatic nitrogens is 2. The minimum absolute atomic E-state index is 0.00536. The normalized spacial score (nSPS) is 20.4. The van der Waals surface area contributed by atoms with Crippen molar-refractivity contribution in [3.8, 4) is 0 Å². The van der Waals surface area contributed by atoms with Crippen LogP contribution in [0.25, 0.3) is 0 Å². The van der Waals surface area contributed by atoms with Gasteiger partial charge >= 0.3 is 0 Å². The fraction of sp³-hybridized carbons (Fsp3) is 0.733. The van der Waals surface area contributed by atoms with Crippen molar-refractivity contribution in [2.24, 2.45) is 5.92 Å². The molecule has 0 spiro atoms. The average Bonchev–Trinajstić information content (AvgIpc) is 3.29. The lowest BCUT2D eigenvalue weighted by Crippen LogP contribution is -2.36. The van der Waals surface area contributed by atoms with Crippen LogP contribution in [0.4, 0.5) is 5.82 Å². The topological polar surface area (TPSA) is 61.0 Å². The highest BCUT2D eigenvalue weighted by atomic mass is 16.1. The van der Waals surface area contributed by atoms with Gasteiger partial charge < -0.3 is 15.2 Å². The van der Waals surface area contributed by atoms with E-state index in [0.29, 0.717) is 5.92 Å². The standard InChI is InChI=1S/C15H24N4O/c1-16-7-4-11-5-8-19(9-6-11)13-10-14(20)18-15(17-13)12-2-3-12/h10-12,16H,2-9H2,1H3,(H,17,18,20). The minimum atomic E-state index is -0.00536. The van der Waals surface area contributed by atoms with Crippen molar-refractivity contribution in [3.05, 3.63) is 22.2 Å². The van der Waals surface area contributed by atoms with Gasteiger partial charge in [0.1, 0.15) is 11.6 Å². The maximum atomic E-state index is 11.8. The first-order valence-corrected chi connectivity index (χ1v) is 7.77. The molecule has 1 aliphatic heterocycles. The number of rotatable bonds is 5. The van der Waals surface area contributed by atoms with Gasteiger partial charge in [0, 0.05) is 25.1 Å². The highest BCUT2D eigenvalue weighted by molar-refractivity contribution is 5.38. The Morgan fingerprint density at radius 3 is 2.75 bits per heavy atom. The Hall–Kier alpha value is -1.36. The molecule has 110 valence electrons. The SMILES string of the molecule is CNCCC1CCN(c2cc(=O)[nH]c(C3CC3)n2)CC1. The number of aromatic amines is 1. The van der Waals surface area contributed by atoms with Gasteiger partial charge in [-0.05, 0) is 51.6 Å². The summed E-state index contributed by atoms with van der Waals surface area (Å²) in [6, 6.07) is 1.65. The van der Waals surface area contributed by atoms with Crippen molar-refractivity contribution in [2.75, 3.05) is 31.6 Å². The van der Waals surface area contributed by atoms with Gasteiger partial charge in [-0.25, -0.2) is 4.98 Å². The highest BCUT2D eigenvalue weighted by Gasteiger charge is 2.27. The Morgan fingerprint density at radius 1 is 1.35 bits per heavy atom. The molecule has 1 aliphatic carbocycles. The largest absolute Gasteiger partial charge is 0.356 e. The zero-order valence-electron chi connectivity index (χ0n) is 12.2. The number of nitrogens with one attached hydrogen (secondary N) is 2. The predicted octanol–water partition coefficient (Wildman–Crippen LogP) is 1.47. The fourth-order valence-corrected chi connectivity index (χ4v) is 2.97. The second kappa shape index (κ2) is 5.95. The molecule has 20 heavy (non-hydrogen) atoms. The summed E-state index contributed by atoms with van der Waals surface area (Å²) in [6.07, 6.45) is 5.99. The summed E-state index contributed by atoms with van der Waals surface area (Å²) in [5.74, 6) is 3.08. The van der Waals surface area contributed by atoms with Crippen LogP contribution in [0.5, 0.6) is 0 Å². The molecular weight excluding hydrogens is 252 g/mol. The molecule has 2 heterocycles. The fourth-order valence-electron chi connectivity index (χ4n) is 2.97. The monoisotopic (exact) mass is 276 g/mol. The minimum Gasteiger partial charge on any atom is -0.356 e. The van der Waals surface area contributed by atoms with Crippen LogP contribution in [-0.2, 0) is 0 Å². The Morgan fingerprint density at radius 2 is 2.10 bits per heavy atom. The molecule has 1 saturated heterocycles. The van der Waals surface area contributed by atoms with E-state index in [1.807, 2.05) is 7.05 Å². The summed E-state index contributed by atoms with van der Waals surface area (Å²) in [7, 11) is 2.01. The van der Waals surface area contributed by atoms with E-state index in [0.717, 1.165) is 37.2 Å². The zero-order chi connectivity index (χ0) is 13.9. The molecule has 1 aromatic rings. The molecule has 0 amide bonds. The van der Waals surface area contributed by atoms with E-state index in [2.05, 4.69) is 20.2 Å². The lowest BCUT2D eigenvalue weighted by molar-refractivity contribution is 0.377. The van der Waals surface area contributed by atoms with Gasteiger partial charge in [0.15, 0.2) is 0 Å². The van der Waals surface area contributed by atoms with Gasteiger partial charge in [0.25, 0.3) is 5.56 Å². The van der Waals surface area contributed by atoms with Gasteiger partial charge in [-0.1, -0.05) is 0 Å². The van der Waals surface area contributed by atoms with Crippen LogP contribution in [0.15, 0.2) is 10.9 Å². The third-order valence-electron chi connectivity index (χ3n) is 4.45. The molecule has 5 heteroatoms. The van der Waals surface area contributed by atoms with Crippen molar-refractivity contribution < 1.29 is 0 Å². The molecule has 0 bridgehead atoms. The second-order valence-electron chi connectivity index (χ2n) is 6.09. The third-order valence-corrected chi connectivity index (χ3v) is 4.45. The molecule has 1 aromatic heterocycles. The van der Waals surface area contributed by atoms with E-state index in [1.165, 1.54) is 32.1 Å². The van der Waals surface area contributed by atoms with E-state index in [4.69, 9.17) is 0 Å². The molecule has 2 N–H and O–H groups in total. The zero-order valence-corrected chi connectivity index (χ0v) is 12.2. The van der Waals surface area contributed by atoms with E-state index in [9.17, 15) is 4.79 Å². The van der Waals surface area contributed by atoms with Crippen molar-refractivity contribution in [1.29, 1.82) is 0 Å². The number of hydrogen-bond donors (Lipinski definition) is 2. The maximum absolute atomic E-state index is 11.8. The molecule has 2 fully saturated rings. The summed E-state index contributed by atoms with van der Waals surface area (Å²) >= 11 is 0. The lowest BCUT2D eigenvalue weighted by Gasteiger charge is -2.32. The summed E-state index contributed by atoms with van der Waals surface area (Å²) < 4.78 is 0. The number of nitrogens with zero attached hydrogens (tertiary/aromatic N) is 2. The second-order valence-corrected chi connectivity index (χ2v) is 6.09. The van der Waals surface area contributed by atoms with E-state index >= 15 is 0 Å². The lowest BCUT2D eigenvalue weighted by atomic mass is 9.93. The number of anilines is 1. The molecule has 0 aromatic carbocycles. The quantitative estimate of drug-likeness (QED) is 0.855. The number of H-pyrrole nitrogens is 1. The summed E-state index contributed by atoms with van der Waals surface area (Å²) in [5.41, 5.74) is -0.00536. The first-order chi connectivity index (χ1) is 9.76. The molecule has 5 nitrogen and oxygen atoms in total. The average molecular weight is 276 g/mol. The summed E-state index contributed by atoms with van der Waals surface area (Å²) in [4.78, 5) is 21.6. The van der Waals surface area contributed by atoms with Gasteiger partial charge in [0.05, 0.1) is 0 Å². The predicted molar refractivity (Wildman–Crippen MR) is 80.3 cm³/mol. The Bertz CT molecular complexity index is 501. The number of piperidine rings is 1. The van der Waals surface area contributed by atoms with Crippen LogP contribution in [0.3, 0.4) is 0 Å².